The van der Waals surface area contributed by atoms with Crippen LogP contribution in [0.25, 0.3) is 0 Å². The van der Waals surface area contributed by atoms with Crippen LogP contribution >= 0.6 is 0 Å². The van der Waals surface area contributed by atoms with Gasteiger partial charge in [-0.25, -0.2) is 4.98 Å². The molecule has 2 aromatic rings. The fourth-order valence-electron chi connectivity index (χ4n) is 4.28. The maximum Gasteiger partial charge on any atom is 0.133 e. The minimum atomic E-state index is 0.634. The number of nitrogens with zero attached hydrogens (tertiary/aromatic N) is 3. The lowest BCUT2D eigenvalue weighted by molar-refractivity contribution is 0.0720. The van der Waals surface area contributed by atoms with Crippen LogP contribution in [0, 0.1) is 5.92 Å². The van der Waals surface area contributed by atoms with E-state index in [0.717, 1.165) is 24.8 Å². The Morgan fingerprint density at radius 1 is 1.12 bits per heavy atom. The maximum atomic E-state index is 4.66. The summed E-state index contributed by atoms with van der Waals surface area (Å²) in [7, 11) is 2.13. The van der Waals surface area contributed by atoms with E-state index in [0.29, 0.717) is 6.04 Å². The van der Waals surface area contributed by atoms with Gasteiger partial charge in [0.2, 0.25) is 0 Å². The number of rotatable bonds is 6. The zero-order valence-corrected chi connectivity index (χ0v) is 15.1. The maximum absolute atomic E-state index is 4.66. The summed E-state index contributed by atoms with van der Waals surface area (Å²) in [6.45, 7) is 5.57. The molecule has 0 radical (unpaired) electrons. The third kappa shape index (κ3) is 3.86. The average Bonchev–Trinajstić information content (AvgIpc) is 2.68. The molecule has 3 fully saturated rings. The molecule has 25 heavy (non-hydrogen) atoms. The summed E-state index contributed by atoms with van der Waals surface area (Å²) in [6.07, 6.45) is 4.60. The van der Waals surface area contributed by atoms with Crippen molar-refractivity contribution >= 4 is 5.82 Å². The zero-order chi connectivity index (χ0) is 17.1. The quantitative estimate of drug-likeness (QED) is 0.879. The number of nitrogens with one attached hydrogen (secondary N) is 1. The van der Waals surface area contributed by atoms with Gasteiger partial charge in [-0.1, -0.05) is 36.4 Å². The fraction of sp³-hybridized carbons (Fsp3) is 0.476. The lowest BCUT2D eigenvalue weighted by Crippen LogP contribution is -2.55. The average molecular weight is 336 g/mol. The normalized spacial score (nSPS) is 25.1. The van der Waals surface area contributed by atoms with Crippen LogP contribution in [0.4, 0.5) is 5.82 Å². The molecule has 4 heterocycles. The predicted octanol–water partition coefficient (Wildman–Crippen LogP) is 2.90. The second kappa shape index (κ2) is 7.54. The van der Waals surface area contributed by atoms with Gasteiger partial charge in [-0.05, 0) is 43.5 Å². The predicted molar refractivity (Wildman–Crippen MR) is 103 cm³/mol. The molecule has 4 heteroatoms. The Kier molecular flexibility index (Phi) is 4.99. The highest BCUT2D eigenvalue weighted by molar-refractivity contribution is 5.46. The SMILES string of the molecule is CN(Cc1ccccc1)c1ncccc1CN[C@@H]1CN2CCC1CC2. The van der Waals surface area contributed by atoms with Crippen LogP contribution in [0.3, 0.4) is 0 Å². The van der Waals surface area contributed by atoms with E-state index in [1.54, 1.807) is 0 Å². The first-order valence-electron chi connectivity index (χ1n) is 9.44. The van der Waals surface area contributed by atoms with Gasteiger partial charge in [-0.2, -0.15) is 0 Å². The molecule has 0 saturated carbocycles. The summed E-state index contributed by atoms with van der Waals surface area (Å²) in [4.78, 5) is 9.52. The number of aromatic nitrogens is 1. The van der Waals surface area contributed by atoms with Gasteiger partial charge >= 0.3 is 0 Å². The Balaban J connectivity index is 1.42. The van der Waals surface area contributed by atoms with E-state index in [2.05, 4.69) is 63.5 Å². The van der Waals surface area contributed by atoms with Gasteiger partial charge in [-0.3, -0.25) is 0 Å². The largest absolute Gasteiger partial charge is 0.355 e. The van der Waals surface area contributed by atoms with E-state index in [-0.39, 0.29) is 0 Å². The second-order valence-electron chi connectivity index (χ2n) is 7.45. The van der Waals surface area contributed by atoms with Crippen LogP contribution in [-0.2, 0) is 13.1 Å². The van der Waals surface area contributed by atoms with E-state index in [4.69, 9.17) is 0 Å². The van der Waals surface area contributed by atoms with Crippen LogP contribution in [-0.4, -0.2) is 42.6 Å². The Morgan fingerprint density at radius 3 is 2.64 bits per heavy atom. The first-order valence-corrected chi connectivity index (χ1v) is 9.44. The van der Waals surface area contributed by atoms with Crippen molar-refractivity contribution < 1.29 is 0 Å². The molecule has 0 unspecified atom stereocenters. The molecule has 0 amide bonds. The van der Waals surface area contributed by atoms with Crippen molar-refractivity contribution in [3.8, 4) is 0 Å². The minimum Gasteiger partial charge on any atom is -0.355 e. The second-order valence-corrected chi connectivity index (χ2v) is 7.45. The number of anilines is 1. The summed E-state index contributed by atoms with van der Waals surface area (Å²) in [5, 5.41) is 3.82. The lowest BCUT2D eigenvalue weighted by Gasteiger charge is -2.45. The van der Waals surface area contributed by atoms with Crippen molar-refractivity contribution in [1.29, 1.82) is 0 Å². The Labute approximate surface area is 150 Å². The van der Waals surface area contributed by atoms with Gasteiger partial charge in [0.05, 0.1) is 0 Å². The van der Waals surface area contributed by atoms with Gasteiger partial charge in [-0.15, -0.1) is 0 Å². The molecule has 3 aliphatic rings. The number of benzene rings is 1. The Bertz CT molecular complexity index is 679. The standard InChI is InChI=1S/C21H28N4/c1-24(15-17-6-3-2-4-7-17)21-19(8-5-11-22-21)14-23-20-16-25-12-9-18(20)10-13-25/h2-8,11,18,20,23H,9-10,12-16H2,1H3/t20-/m1/s1. The molecule has 3 aliphatic heterocycles. The molecular formula is C21H28N4. The van der Waals surface area contributed by atoms with Crippen LogP contribution < -0.4 is 10.2 Å². The smallest absolute Gasteiger partial charge is 0.133 e. The molecule has 2 bridgehead atoms. The van der Waals surface area contributed by atoms with E-state index < -0.39 is 0 Å². The zero-order valence-electron chi connectivity index (χ0n) is 15.1. The first kappa shape index (κ1) is 16.6. The van der Waals surface area contributed by atoms with Gasteiger partial charge in [0, 0.05) is 44.5 Å². The monoisotopic (exact) mass is 336 g/mol. The summed E-state index contributed by atoms with van der Waals surface area (Å²) < 4.78 is 0. The van der Waals surface area contributed by atoms with Crippen LogP contribution in [0.1, 0.15) is 24.0 Å². The molecule has 0 aliphatic carbocycles. The number of fused-ring (bicyclic) bond motifs is 3. The van der Waals surface area contributed by atoms with Crippen LogP contribution in [0.5, 0.6) is 0 Å². The van der Waals surface area contributed by atoms with Gasteiger partial charge in [0.1, 0.15) is 5.82 Å². The Hall–Kier alpha value is -1.91. The highest BCUT2D eigenvalue weighted by Gasteiger charge is 2.33. The highest BCUT2D eigenvalue weighted by Crippen LogP contribution is 2.28. The molecule has 1 N–H and O–H groups in total. The first-order chi connectivity index (χ1) is 12.3. The molecule has 5 rings (SSSR count). The van der Waals surface area contributed by atoms with E-state index in [1.807, 2.05) is 12.3 Å². The third-order valence-electron chi connectivity index (χ3n) is 5.70. The van der Waals surface area contributed by atoms with Crippen molar-refractivity contribution in [2.45, 2.75) is 32.0 Å². The van der Waals surface area contributed by atoms with Crippen LogP contribution in [0.2, 0.25) is 0 Å². The molecular weight excluding hydrogens is 308 g/mol. The number of piperidine rings is 3. The summed E-state index contributed by atoms with van der Waals surface area (Å²) in [5.74, 6) is 1.94. The Morgan fingerprint density at radius 2 is 1.92 bits per heavy atom. The topological polar surface area (TPSA) is 31.4 Å². The number of hydrogen-bond donors (Lipinski definition) is 1. The highest BCUT2D eigenvalue weighted by atomic mass is 15.2. The number of pyridine rings is 1. The molecule has 4 nitrogen and oxygen atoms in total. The third-order valence-corrected chi connectivity index (χ3v) is 5.70. The lowest BCUT2D eigenvalue weighted by atomic mass is 9.84. The van der Waals surface area contributed by atoms with E-state index in [1.165, 1.54) is 43.6 Å². The summed E-state index contributed by atoms with van der Waals surface area (Å²) >= 11 is 0. The summed E-state index contributed by atoms with van der Waals surface area (Å²) in [6, 6.07) is 15.5. The van der Waals surface area contributed by atoms with Crippen molar-refractivity contribution in [3.63, 3.8) is 0 Å². The van der Waals surface area contributed by atoms with Crippen molar-refractivity contribution in [2.24, 2.45) is 5.92 Å². The molecule has 132 valence electrons. The molecule has 1 atom stereocenters. The van der Waals surface area contributed by atoms with Crippen molar-refractivity contribution in [3.05, 3.63) is 59.8 Å². The fourth-order valence-corrected chi connectivity index (χ4v) is 4.28. The number of hydrogen-bond acceptors (Lipinski definition) is 4. The molecule has 0 spiro atoms. The van der Waals surface area contributed by atoms with Gasteiger partial charge in [0.15, 0.2) is 0 Å². The van der Waals surface area contributed by atoms with Gasteiger partial charge in [0.25, 0.3) is 0 Å². The van der Waals surface area contributed by atoms with Crippen molar-refractivity contribution in [2.75, 3.05) is 31.6 Å². The van der Waals surface area contributed by atoms with Crippen LogP contribution in [0.15, 0.2) is 48.7 Å². The summed E-state index contributed by atoms with van der Waals surface area (Å²) in [5.41, 5.74) is 2.60. The van der Waals surface area contributed by atoms with Gasteiger partial charge < -0.3 is 15.1 Å². The van der Waals surface area contributed by atoms with E-state index >= 15 is 0 Å². The van der Waals surface area contributed by atoms with Crippen molar-refractivity contribution in [1.82, 2.24) is 15.2 Å². The molecule has 1 aromatic heterocycles. The van der Waals surface area contributed by atoms with E-state index in [9.17, 15) is 0 Å². The molecule has 3 saturated heterocycles. The minimum absolute atomic E-state index is 0.634. The molecule has 1 aromatic carbocycles.